The molecule has 2 aromatic carbocycles. The number of ether oxygens (including phenoxy) is 1. The Morgan fingerprint density at radius 1 is 1.08 bits per heavy atom. The number of nitrogens with zero attached hydrogens (tertiary/aromatic N) is 3. The minimum absolute atomic E-state index is 0.0131. The molecule has 0 spiro atoms. The van der Waals surface area contributed by atoms with Crippen LogP contribution in [0.15, 0.2) is 67.4 Å². The van der Waals surface area contributed by atoms with Crippen LogP contribution in [0, 0.1) is 6.92 Å². The van der Waals surface area contributed by atoms with E-state index in [1.54, 1.807) is 6.20 Å². The molecule has 1 N–H and O–H groups in total. The summed E-state index contributed by atoms with van der Waals surface area (Å²) in [5.74, 6) is 0.751. The Morgan fingerprint density at radius 2 is 1.81 bits per heavy atom. The summed E-state index contributed by atoms with van der Waals surface area (Å²) in [4.78, 5) is 25.2. The zero-order chi connectivity index (χ0) is 25.9. The van der Waals surface area contributed by atoms with E-state index >= 15 is 0 Å². The van der Waals surface area contributed by atoms with Gasteiger partial charge in [-0.1, -0.05) is 36.9 Å². The average Bonchev–Trinajstić information content (AvgIpc) is 3.29. The fourth-order valence-corrected chi connectivity index (χ4v) is 4.99. The highest BCUT2D eigenvalue weighted by Crippen LogP contribution is 2.40. The number of aromatic amines is 1. The van der Waals surface area contributed by atoms with Crippen LogP contribution in [0.4, 0.5) is 5.69 Å². The molecule has 37 heavy (non-hydrogen) atoms. The van der Waals surface area contributed by atoms with Crippen LogP contribution < -0.4 is 9.64 Å². The smallest absolute Gasteiger partial charge is 0.159 e. The first-order chi connectivity index (χ1) is 18.0. The first kappa shape index (κ1) is 24.8. The SMILES string of the molecule is C=CC(=O)Cc1cc(-c2c(-c3ccc(N4CCN(C)CC4)cc3)[nH]c3ncc(OCC)cc23)ccc1C. The molecule has 190 valence electrons. The van der Waals surface area contributed by atoms with Gasteiger partial charge in [-0.25, -0.2) is 4.98 Å². The molecule has 1 aliphatic heterocycles. The van der Waals surface area contributed by atoms with Gasteiger partial charge in [0.05, 0.1) is 18.5 Å². The first-order valence-electron chi connectivity index (χ1n) is 12.9. The Hall–Kier alpha value is -3.90. The van der Waals surface area contributed by atoms with Gasteiger partial charge in [0.1, 0.15) is 11.4 Å². The van der Waals surface area contributed by atoms with Gasteiger partial charge < -0.3 is 19.5 Å². The number of hydrogen-bond donors (Lipinski definition) is 1. The molecule has 5 rings (SSSR count). The van der Waals surface area contributed by atoms with E-state index in [9.17, 15) is 4.79 Å². The number of likely N-dealkylation sites (N-methyl/N-ethyl adjacent to an activating group) is 1. The van der Waals surface area contributed by atoms with Crippen LogP contribution in [0.1, 0.15) is 18.1 Å². The highest BCUT2D eigenvalue weighted by Gasteiger charge is 2.19. The summed E-state index contributed by atoms with van der Waals surface area (Å²) >= 11 is 0. The van der Waals surface area contributed by atoms with Crippen molar-refractivity contribution in [3.05, 3.63) is 78.5 Å². The third kappa shape index (κ3) is 5.16. The van der Waals surface area contributed by atoms with Crippen molar-refractivity contribution in [3.63, 3.8) is 0 Å². The second-order valence-corrected chi connectivity index (χ2v) is 9.70. The van der Waals surface area contributed by atoms with Crippen LogP contribution in [0.2, 0.25) is 0 Å². The molecule has 0 bridgehead atoms. The lowest BCUT2D eigenvalue weighted by atomic mass is 9.94. The number of pyridine rings is 1. The van der Waals surface area contributed by atoms with Crippen LogP contribution >= 0.6 is 0 Å². The standard InChI is InChI=1S/C31H34N4O2/c1-5-26(36)18-24-17-23(8-7-21(24)3)29-28-19-27(37-6-2)20-32-31(28)33-30(29)22-9-11-25(12-10-22)35-15-13-34(4)14-16-35/h5,7-12,17,19-20H,1,6,13-16,18H2,2-4H3,(H,32,33). The molecule has 1 fully saturated rings. The van der Waals surface area contributed by atoms with E-state index < -0.39 is 0 Å². The molecule has 0 radical (unpaired) electrons. The third-order valence-electron chi connectivity index (χ3n) is 7.19. The number of piperazine rings is 1. The molecule has 2 aromatic heterocycles. The van der Waals surface area contributed by atoms with Gasteiger partial charge in [-0.05, 0) is 67.4 Å². The van der Waals surface area contributed by atoms with Gasteiger partial charge in [-0.2, -0.15) is 0 Å². The van der Waals surface area contributed by atoms with Gasteiger partial charge >= 0.3 is 0 Å². The van der Waals surface area contributed by atoms with Crippen molar-refractivity contribution in [1.29, 1.82) is 0 Å². The largest absolute Gasteiger partial charge is 0.492 e. The summed E-state index contributed by atoms with van der Waals surface area (Å²) in [5.41, 5.74) is 8.33. The van der Waals surface area contributed by atoms with Crippen molar-refractivity contribution in [2.24, 2.45) is 0 Å². The Kier molecular flexibility index (Phi) is 7.10. The molecule has 0 aliphatic carbocycles. The molecule has 6 nitrogen and oxygen atoms in total. The van der Waals surface area contributed by atoms with E-state index in [4.69, 9.17) is 4.74 Å². The van der Waals surface area contributed by atoms with Crippen molar-refractivity contribution in [3.8, 4) is 28.1 Å². The Balaban J connectivity index is 1.61. The first-order valence-corrected chi connectivity index (χ1v) is 12.9. The number of ketones is 1. The number of allylic oxidation sites excluding steroid dienone is 1. The number of aryl methyl sites for hydroxylation is 1. The molecule has 0 saturated carbocycles. The van der Waals surface area contributed by atoms with Crippen LogP contribution in [0.5, 0.6) is 5.75 Å². The number of H-pyrrole nitrogens is 1. The molecular weight excluding hydrogens is 460 g/mol. The van der Waals surface area contributed by atoms with Gasteiger partial charge in [-0.3, -0.25) is 4.79 Å². The molecular formula is C31H34N4O2. The summed E-state index contributed by atoms with van der Waals surface area (Å²) in [6.45, 7) is 12.4. The lowest BCUT2D eigenvalue weighted by Gasteiger charge is -2.34. The predicted molar refractivity (Wildman–Crippen MR) is 151 cm³/mol. The van der Waals surface area contributed by atoms with Crippen LogP contribution in [0.25, 0.3) is 33.4 Å². The number of anilines is 1. The normalized spacial score (nSPS) is 14.2. The van der Waals surface area contributed by atoms with Crippen LogP contribution in [-0.4, -0.2) is 60.5 Å². The van der Waals surface area contributed by atoms with Gasteiger partial charge in [0.2, 0.25) is 0 Å². The third-order valence-corrected chi connectivity index (χ3v) is 7.19. The van der Waals surface area contributed by atoms with Crippen molar-refractivity contribution >= 4 is 22.5 Å². The number of aromatic nitrogens is 2. The maximum absolute atomic E-state index is 12.2. The van der Waals surface area contributed by atoms with Crippen LogP contribution in [0.3, 0.4) is 0 Å². The quantitative estimate of drug-likeness (QED) is 0.321. The van der Waals surface area contributed by atoms with Crippen molar-refractivity contribution in [2.75, 3.05) is 44.7 Å². The van der Waals surface area contributed by atoms with E-state index in [1.807, 2.05) is 19.9 Å². The Labute approximate surface area is 218 Å². The van der Waals surface area contributed by atoms with E-state index in [-0.39, 0.29) is 5.78 Å². The highest BCUT2D eigenvalue weighted by atomic mass is 16.5. The summed E-state index contributed by atoms with van der Waals surface area (Å²) < 4.78 is 5.78. The summed E-state index contributed by atoms with van der Waals surface area (Å²) in [7, 11) is 2.17. The number of fused-ring (bicyclic) bond motifs is 1. The zero-order valence-electron chi connectivity index (χ0n) is 21.9. The predicted octanol–water partition coefficient (Wildman–Crippen LogP) is 5.65. The molecule has 3 heterocycles. The number of hydrogen-bond acceptors (Lipinski definition) is 5. The lowest BCUT2D eigenvalue weighted by molar-refractivity contribution is -0.114. The molecule has 1 aliphatic rings. The minimum atomic E-state index is 0.0131. The second kappa shape index (κ2) is 10.6. The highest BCUT2D eigenvalue weighted by molar-refractivity contribution is 6.03. The fraction of sp³-hybridized carbons (Fsp3) is 0.290. The fourth-order valence-electron chi connectivity index (χ4n) is 4.99. The zero-order valence-corrected chi connectivity index (χ0v) is 21.9. The monoisotopic (exact) mass is 494 g/mol. The van der Waals surface area contributed by atoms with Crippen molar-refractivity contribution in [2.45, 2.75) is 20.3 Å². The van der Waals surface area contributed by atoms with Crippen LogP contribution in [-0.2, 0) is 11.2 Å². The van der Waals surface area contributed by atoms with E-state index in [0.29, 0.717) is 13.0 Å². The molecule has 4 aromatic rings. The molecule has 0 amide bonds. The Morgan fingerprint density at radius 3 is 2.51 bits per heavy atom. The molecule has 0 unspecified atom stereocenters. The number of carbonyl (C=O) groups is 1. The molecule has 1 saturated heterocycles. The van der Waals surface area contributed by atoms with Crippen molar-refractivity contribution in [1.82, 2.24) is 14.9 Å². The van der Waals surface area contributed by atoms with Crippen molar-refractivity contribution < 1.29 is 9.53 Å². The summed E-state index contributed by atoms with van der Waals surface area (Å²) in [6, 6.07) is 17.2. The van der Waals surface area contributed by atoms with Gasteiger partial charge in [-0.15, -0.1) is 0 Å². The lowest BCUT2D eigenvalue weighted by Crippen LogP contribution is -2.44. The van der Waals surface area contributed by atoms with Gasteiger partial charge in [0, 0.05) is 49.2 Å². The summed E-state index contributed by atoms with van der Waals surface area (Å²) in [5, 5.41) is 0.994. The number of nitrogens with one attached hydrogen (secondary N) is 1. The van der Waals surface area contributed by atoms with Gasteiger partial charge in [0.25, 0.3) is 0 Å². The maximum atomic E-state index is 12.2. The van der Waals surface area contributed by atoms with Gasteiger partial charge in [0.15, 0.2) is 5.78 Å². The maximum Gasteiger partial charge on any atom is 0.159 e. The average molecular weight is 495 g/mol. The minimum Gasteiger partial charge on any atom is -0.492 e. The number of rotatable bonds is 8. The summed E-state index contributed by atoms with van der Waals surface area (Å²) in [6.07, 6.45) is 3.49. The van der Waals surface area contributed by atoms with E-state index in [1.165, 1.54) is 11.8 Å². The number of carbonyl (C=O) groups excluding carboxylic acids is 1. The van der Waals surface area contributed by atoms with E-state index in [2.05, 4.69) is 75.9 Å². The molecule has 6 heteroatoms. The van der Waals surface area contributed by atoms with E-state index in [0.717, 1.165) is 76.5 Å². The second-order valence-electron chi connectivity index (χ2n) is 9.70. The number of benzene rings is 2. The topological polar surface area (TPSA) is 61.5 Å². The Bertz CT molecular complexity index is 1430. The molecule has 0 atom stereocenters.